The van der Waals surface area contributed by atoms with Crippen molar-refractivity contribution in [2.24, 2.45) is 5.10 Å². The topological polar surface area (TPSA) is 70.4 Å². The minimum atomic E-state index is -0.387. The summed E-state index contributed by atoms with van der Waals surface area (Å²) in [6, 6.07) is 21.3. The van der Waals surface area contributed by atoms with Crippen LogP contribution in [0.3, 0.4) is 0 Å². The monoisotopic (exact) mass is 329 g/mol. The van der Waals surface area contributed by atoms with E-state index in [1.54, 1.807) is 18.3 Å². The minimum absolute atomic E-state index is 0.222. The second kappa shape index (κ2) is 6.49. The van der Waals surface area contributed by atoms with Crippen LogP contribution in [0, 0.1) is 0 Å². The van der Waals surface area contributed by atoms with Crippen LogP contribution in [0.25, 0.3) is 22.2 Å². The minimum Gasteiger partial charge on any atom is -0.459 e. The lowest BCUT2D eigenvalue weighted by molar-refractivity contribution is 0.0927. The molecule has 0 saturated carbocycles. The molecular formula is C20H15N3O2. The predicted octanol–water partition coefficient (Wildman–Crippen LogP) is 4.19. The lowest BCUT2D eigenvalue weighted by Crippen LogP contribution is -2.16. The number of rotatable bonds is 4. The summed E-state index contributed by atoms with van der Waals surface area (Å²) in [5.41, 5.74) is 6.43. The van der Waals surface area contributed by atoms with Crippen LogP contribution in [0.15, 0.2) is 82.5 Å². The Bertz CT molecular complexity index is 1030. The molecule has 122 valence electrons. The number of nitrogens with zero attached hydrogens (tertiary/aromatic N) is 1. The van der Waals surface area contributed by atoms with Gasteiger partial charge in [0, 0.05) is 16.5 Å². The first-order valence-corrected chi connectivity index (χ1v) is 7.86. The van der Waals surface area contributed by atoms with Crippen LogP contribution in [-0.4, -0.2) is 17.1 Å². The first kappa shape index (κ1) is 15.0. The molecule has 2 aromatic carbocycles. The van der Waals surface area contributed by atoms with E-state index in [-0.39, 0.29) is 11.7 Å². The molecule has 4 aromatic rings. The van der Waals surface area contributed by atoms with Gasteiger partial charge in [0.25, 0.3) is 0 Å². The molecule has 4 rings (SSSR count). The van der Waals surface area contributed by atoms with Crippen LogP contribution in [0.2, 0.25) is 0 Å². The molecule has 0 spiro atoms. The van der Waals surface area contributed by atoms with Crippen molar-refractivity contribution in [3.05, 3.63) is 84.3 Å². The number of hydrazone groups is 1. The van der Waals surface area contributed by atoms with E-state index in [0.29, 0.717) is 0 Å². The third-order valence-corrected chi connectivity index (χ3v) is 3.91. The van der Waals surface area contributed by atoms with Gasteiger partial charge in [-0.2, -0.15) is 5.10 Å². The Balaban J connectivity index is 1.70. The first-order chi connectivity index (χ1) is 12.3. The number of carbonyl (C=O) groups excluding carboxylic acids is 1. The molecule has 0 aliphatic rings. The van der Waals surface area contributed by atoms with Crippen molar-refractivity contribution < 1.29 is 9.21 Å². The Morgan fingerprint density at radius 3 is 2.60 bits per heavy atom. The number of aromatic amines is 1. The Morgan fingerprint density at radius 2 is 1.80 bits per heavy atom. The molecule has 0 fully saturated rings. The van der Waals surface area contributed by atoms with Gasteiger partial charge in [-0.1, -0.05) is 48.5 Å². The fourth-order valence-corrected chi connectivity index (χ4v) is 2.75. The van der Waals surface area contributed by atoms with E-state index in [4.69, 9.17) is 4.42 Å². The SMILES string of the molecule is O=C(N/N=C\c1c(-c2ccccc2)[nH]c2ccccc12)c1ccco1. The molecule has 5 nitrogen and oxygen atoms in total. The molecule has 0 radical (unpaired) electrons. The number of benzene rings is 2. The van der Waals surface area contributed by atoms with Gasteiger partial charge in [0.05, 0.1) is 18.2 Å². The summed E-state index contributed by atoms with van der Waals surface area (Å²) in [5.74, 6) is -0.165. The second-order valence-electron chi connectivity index (χ2n) is 5.50. The molecule has 0 saturated heterocycles. The van der Waals surface area contributed by atoms with Crippen LogP contribution >= 0.6 is 0 Å². The summed E-state index contributed by atoms with van der Waals surface area (Å²) in [4.78, 5) is 15.4. The molecule has 2 heterocycles. The first-order valence-electron chi connectivity index (χ1n) is 7.86. The second-order valence-corrected chi connectivity index (χ2v) is 5.50. The molecule has 0 aliphatic carbocycles. The zero-order valence-corrected chi connectivity index (χ0v) is 13.3. The average Bonchev–Trinajstić information content (AvgIpc) is 3.31. The third-order valence-electron chi connectivity index (χ3n) is 3.91. The highest BCUT2D eigenvalue weighted by molar-refractivity contribution is 6.06. The van der Waals surface area contributed by atoms with Crippen molar-refractivity contribution in [2.45, 2.75) is 0 Å². The molecule has 0 unspecified atom stereocenters. The van der Waals surface area contributed by atoms with E-state index in [9.17, 15) is 4.79 Å². The number of furan rings is 1. The Labute approximate surface area is 144 Å². The molecular weight excluding hydrogens is 314 g/mol. The van der Waals surface area contributed by atoms with Crippen molar-refractivity contribution in [3.63, 3.8) is 0 Å². The molecule has 5 heteroatoms. The number of nitrogens with one attached hydrogen (secondary N) is 2. The highest BCUT2D eigenvalue weighted by atomic mass is 16.3. The number of hydrogen-bond acceptors (Lipinski definition) is 3. The normalized spacial score (nSPS) is 11.2. The zero-order chi connectivity index (χ0) is 17.1. The molecule has 0 atom stereocenters. The number of aromatic nitrogens is 1. The highest BCUT2D eigenvalue weighted by Crippen LogP contribution is 2.28. The van der Waals surface area contributed by atoms with Crippen molar-refractivity contribution in [1.29, 1.82) is 0 Å². The van der Waals surface area contributed by atoms with Gasteiger partial charge in [0.15, 0.2) is 5.76 Å². The van der Waals surface area contributed by atoms with Crippen molar-refractivity contribution in [2.75, 3.05) is 0 Å². The number of hydrogen-bond donors (Lipinski definition) is 2. The van der Waals surface area contributed by atoms with Gasteiger partial charge in [-0.05, 0) is 23.8 Å². The zero-order valence-electron chi connectivity index (χ0n) is 13.3. The fourth-order valence-electron chi connectivity index (χ4n) is 2.75. The van der Waals surface area contributed by atoms with Gasteiger partial charge >= 0.3 is 5.91 Å². The maximum absolute atomic E-state index is 11.9. The molecule has 1 amide bonds. The Hall–Kier alpha value is -3.60. The number of H-pyrrole nitrogens is 1. The van der Waals surface area contributed by atoms with Crippen LogP contribution < -0.4 is 5.43 Å². The van der Waals surface area contributed by atoms with Crippen LogP contribution in [0.4, 0.5) is 0 Å². The number of amides is 1. The van der Waals surface area contributed by atoms with Crippen molar-refractivity contribution in [3.8, 4) is 11.3 Å². The number of carbonyl (C=O) groups is 1. The summed E-state index contributed by atoms with van der Waals surface area (Å²) in [7, 11) is 0. The van der Waals surface area contributed by atoms with Crippen LogP contribution in [0.1, 0.15) is 16.1 Å². The van der Waals surface area contributed by atoms with E-state index in [0.717, 1.165) is 27.7 Å². The van der Waals surface area contributed by atoms with E-state index >= 15 is 0 Å². The average molecular weight is 329 g/mol. The van der Waals surface area contributed by atoms with E-state index < -0.39 is 0 Å². The van der Waals surface area contributed by atoms with Crippen LogP contribution in [0.5, 0.6) is 0 Å². The fraction of sp³-hybridized carbons (Fsp3) is 0. The maximum atomic E-state index is 11.9. The van der Waals surface area contributed by atoms with E-state index in [1.807, 2.05) is 54.6 Å². The Morgan fingerprint density at radius 1 is 1.00 bits per heavy atom. The smallest absolute Gasteiger partial charge is 0.307 e. The van der Waals surface area contributed by atoms with Gasteiger partial charge in [-0.15, -0.1) is 0 Å². The largest absolute Gasteiger partial charge is 0.459 e. The quantitative estimate of drug-likeness (QED) is 0.435. The number of fused-ring (bicyclic) bond motifs is 1. The standard InChI is InChI=1S/C20H15N3O2/c24-20(18-11-6-12-25-18)23-21-13-16-15-9-4-5-10-17(15)22-19(16)14-7-2-1-3-8-14/h1-13,22H,(H,23,24)/b21-13-. The molecule has 0 bridgehead atoms. The predicted molar refractivity (Wildman–Crippen MR) is 97.5 cm³/mol. The number of para-hydroxylation sites is 1. The highest BCUT2D eigenvalue weighted by Gasteiger charge is 2.12. The maximum Gasteiger partial charge on any atom is 0.307 e. The molecule has 2 N–H and O–H groups in total. The summed E-state index contributed by atoms with van der Waals surface area (Å²) >= 11 is 0. The van der Waals surface area contributed by atoms with E-state index in [2.05, 4.69) is 15.5 Å². The van der Waals surface area contributed by atoms with Crippen molar-refractivity contribution in [1.82, 2.24) is 10.4 Å². The van der Waals surface area contributed by atoms with Gasteiger partial charge in [-0.25, -0.2) is 5.43 Å². The Kier molecular flexibility index (Phi) is 3.88. The van der Waals surface area contributed by atoms with Crippen LogP contribution in [-0.2, 0) is 0 Å². The summed E-state index contributed by atoms with van der Waals surface area (Å²) in [6.07, 6.45) is 3.10. The molecule has 0 aliphatic heterocycles. The van der Waals surface area contributed by atoms with E-state index in [1.165, 1.54) is 6.26 Å². The molecule has 2 aromatic heterocycles. The van der Waals surface area contributed by atoms with Gasteiger partial charge in [0.1, 0.15) is 0 Å². The molecule has 25 heavy (non-hydrogen) atoms. The summed E-state index contributed by atoms with van der Waals surface area (Å²) in [5, 5.41) is 5.14. The van der Waals surface area contributed by atoms with Crippen molar-refractivity contribution >= 4 is 23.0 Å². The van der Waals surface area contributed by atoms with Gasteiger partial charge in [-0.3, -0.25) is 4.79 Å². The summed E-state index contributed by atoms with van der Waals surface area (Å²) < 4.78 is 5.05. The third kappa shape index (κ3) is 2.95. The van der Waals surface area contributed by atoms with Gasteiger partial charge < -0.3 is 9.40 Å². The lowest BCUT2D eigenvalue weighted by Gasteiger charge is -2.01. The van der Waals surface area contributed by atoms with Gasteiger partial charge in [0.2, 0.25) is 0 Å². The summed E-state index contributed by atoms with van der Waals surface area (Å²) in [6.45, 7) is 0. The lowest BCUT2D eigenvalue weighted by atomic mass is 10.1.